The fourth-order valence-electron chi connectivity index (χ4n) is 3.13. The third-order valence-corrected chi connectivity index (χ3v) is 6.14. The number of carbonyl (C=O) groups is 1. The first-order valence-corrected chi connectivity index (χ1v) is 11.2. The molecule has 4 nitrogen and oxygen atoms in total. The van der Waals surface area contributed by atoms with Gasteiger partial charge >= 0.3 is 5.97 Å². The maximum Gasteiger partial charge on any atom is 0.354 e. The van der Waals surface area contributed by atoms with Crippen LogP contribution in [0.1, 0.15) is 38.2 Å². The molecule has 1 aromatic carbocycles. The summed E-state index contributed by atoms with van der Waals surface area (Å²) in [5.74, 6) is 0.543. The number of H-pyrrole nitrogens is 1. The molecule has 126 valence electrons. The molecule has 0 aliphatic rings. The average Bonchev–Trinajstić information content (AvgIpc) is 2.78. The van der Waals surface area contributed by atoms with Gasteiger partial charge in [-0.05, 0) is 55.7 Å². The van der Waals surface area contributed by atoms with Crippen molar-refractivity contribution in [3.63, 3.8) is 0 Å². The number of aromatic amines is 1. The van der Waals surface area contributed by atoms with Crippen LogP contribution in [-0.2, 0) is 4.74 Å². The highest BCUT2D eigenvalue weighted by Gasteiger charge is 2.30. The molecule has 2 aromatic rings. The van der Waals surface area contributed by atoms with Crippen molar-refractivity contribution in [3.05, 3.63) is 30.0 Å². The molecule has 1 heterocycles. The molecule has 0 amide bonds. The quantitative estimate of drug-likeness (QED) is 0.620. The smallest absolute Gasteiger partial charge is 0.354 e. The van der Waals surface area contributed by atoms with Crippen molar-refractivity contribution in [1.29, 1.82) is 0 Å². The molecule has 0 saturated carbocycles. The minimum Gasteiger partial charge on any atom is -0.544 e. The highest BCUT2D eigenvalue weighted by Crippen LogP contribution is 2.31. The Hall–Kier alpha value is -1.75. The first-order chi connectivity index (χ1) is 10.6. The van der Waals surface area contributed by atoms with Crippen molar-refractivity contribution in [2.24, 2.45) is 5.41 Å². The standard InChI is InChI=1S/C18H27NO3Si/c1-7-21-17(20)16-11-13-10-14(8-9-15(13)19-16)22-23(5,6)12-18(2,3)4/h8-11,19H,7,12H2,1-6H3. The summed E-state index contributed by atoms with van der Waals surface area (Å²) >= 11 is 0. The predicted octanol–water partition coefficient (Wildman–Crippen LogP) is 4.97. The lowest BCUT2D eigenvalue weighted by atomic mass is 10.0. The van der Waals surface area contributed by atoms with E-state index in [-0.39, 0.29) is 11.4 Å². The molecule has 0 saturated heterocycles. The first-order valence-electron chi connectivity index (χ1n) is 8.08. The summed E-state index contributed by atoms with van der Waals surface area (Å²) in [6.45, 7) is 13.4. The van der Waals surface area contributed by atoms with Gasteiger partial charge in [-0.15, -0.1) is 0 Å². The van der Waals surface area contributed by atoms with E-state index in [9.17, 15) is 4.79 Å². The van der Waals surface area contributed by atoms with Gasteiger partial charge in [0, 0.05) is 10.9 Å². The van der Waals surface area contributed by atoms with E-state index < -0.39 is 8.32 Å². The van der Waals surface area contributed by atoms with E-state index in [1.807, 2.05) is 24.3 Å². The molecule has 23 heavy (non-hydrogen) atoms. The summed E-state index contributed by atoms with van der Waals surface area (Å²) in [5, 5.41) is 0.964. The number of nitrogens with one attached hydrogen (secondary N) is 1. The Bertz CT molecular complexity index is 698. The van der Waals surface area contributed by atoms with Crippen LogP contribution in [0.5, 0.6) is 5.75 Å². The summed E-state index contributed by atoms with van der Waals surface area (Å²) in [4.78, 5) is 14.9. The molecule has 2 rings (SSSR count). The Morgan fingerprint density at radius 1 is 1.22 bits per heavy atom. The van der Waals surface area contributed by atoms with Crippen LogP contribution in [0.15, 0.2) is 24.3 Å². The number of fused-ring (bicyclic) bond motifs is 1. The fourth-order valence-corrected chi connectivity index (χ4v) is 6.52. The summed E-state index contributed by atoms with van der Waals surface area (Å²) < 4.78 is 11.3. The summed E-state index contributed by atoms with van der Waals surface area (Å²) in [7, 11) is -1.80. The number of hydrogen-bond acceptors (Lipinski definition) is 3. The number of ether oxygens (including phenoxy) is 1. The maximum absolute atomic E-state index is 11.8. The molecular formula is C18H27NO3Si. The minimum atomic E-state index is -1.80. The van der Waals surface area contributed by atoms with Gasteiger partial charge in [-0.25, -0.2) is 4.79 Å². The number of rotatable bonds is 5. The Labute approximate surface area is 139 Å². The molecule has 0 aliphatic carbocycles. The van der Waals surface area contributed by atoms with Crippen LogP contribution in [0, 0.1) is 5.41 Å². The van der Waals surface area contributed by atoms with Gasteiger partial charge in [0.25, 0.3) is 0 Å². The van der Waals surface area contributed by atoms with Gasteiger partial charge in [0.1, 0.15) is 11.4 Å². The maximum atomic E-state index is 11.8. The van der Waals surface area contributed by atoms with Crippen LogP contribution in [-0.4, -0.2) is 25.9 Å². The van der Waals surface area contributed by atoms with Crippen molar-refractivity contribution < 1.29 is 14.0 Å². The van der Waals surface area contributed by atoms with Crippen LogP contribution in [0.25, 0.3) is 10.9 Å². The van der Waals surface area contributed by atoms with E-state index in [1.54, 1.807) is 6.92 Å². The first kappa shape index (κ1) is 17.6. The number of benzene rings is 1. The average molecular weight is 334 g/mol. The Morgan fingerprint density at radius 2 is 1.91 bits per heavy atom. The van der Waals surface area contributed by atoms with Crippen LogP contribution in [0.2, 0.25) is 19.1 Å². The lowest BCUT2D eigenvalue weighted by Crippen LogP contribution is -2.38. The molecule has 5 heteroatoms. The molecule has 0 aliphatic heterocycles. The lowest BCUT2D eigenvalue weighted by molar-refractivity contribution is 0.0520. The van der Waals surface area contributed by atoms with Gasteiger partial charge in [-0.3, -0.25) is 0 Å². The monoisotopic (exact) mass is 333 g/mol. The van der Waals surface area contributed by atoms with Gasteiger partial charge in [-0.2, -0.15) is 0 Å². The van der Waals surface area contributed by atoms with E-state index in [0.717, 1.165) is 22.7 Å². The van der Waals surface area contributed by atoms with Crippen molar-refractivity contribution in [1.82, 2.24) is 4.98 Å². The van der Waals surface area contributed by atoms with Gasteiger partial charge in [0.15, 0.2) is 0 Å². The zero-order valence-corrected chi connectivity index (χ0v) is 15.9. The fraction of sp³-hybridized carbons (Fsp3) is 0.500. The second-order valence-electron chi connectivity index (χ2n) is 7.75. The van der Waals surface area contributed by atoms with E-state index in [2.05, 4.69) is 38.8 Å². The highest BCUT2D eigenvalue weighted by molar-refractivity contribution is 6.72. The second-order valence-corrected chi connectivity index (χ2v) is 11.8. The largest absolute Gasteiger partial charge is 0.544 e. The molecule has 0 atom stereocenters. The lowest BCUT2D eigenvalue weighted by Gasteiger charge is -2.31. The molecule has 0 unspecified atom stereocenters. The molecule has 0 fully saturated rings. The Morgan fingerprint density at radius 3 is 2.52 bits per heavy atom. The molecule has 1 aromatic heterocycles. The van der Waals surface area contributed by atoms with Gasteiger partial charge in [-0.1, -0.05) is 20.8 Å². The minimum absolute atomic E-state index is 0.255. The van der Waals surface area contributed by atoms with Crippen molar-refractivity contribution in [3.8, 4) is 5.75 Å². The van der Waals surface area contributed by atoms with Gasteiger partial charge < -0.3 is 14.1 Å². The molecular weight excluding hydrogens is 306 g/mol. The zero-order chi connectivity index (χ0) is 17.3. The third kappa shape index (κ3) is 4.86. The van der Waals surface area contributed by atoms with Crippen LogP contribution in [0.3, 0.4) is 0 Å². The van der Waals surface area contributed by atoms with E-state index in [1.165, 1.54) is 0 Å². The summed E-state index contributed by atoms with van der Waals surface area (Å²) in [6, 6.07) is 8.81. The van der Waals surface area contributed by atoms with Crippen LogP contribution >= 0.6 is 0 Å². The van der Waals surface area contributed by atoms with E-state index >= 15 is 0 Å². The third-order valence-electron chi connectivity index (χ3n) is 3.44. The Balaban J connectivity index is 2.21. The molecule has 0 bridgehead atoms. The van der Waals surface area contributed by atoms with Crippen LogP contribution < -0.4 is 4.43 Å². The van der Waals surface area contributed by atoms with Crippen molar-refractivity contribution in [2.45, 2.75) is 46.8 Å². The van der Waals surface area contributed by atoms with E-state index in [4.69, 9.17) is 9.16 Å². The van der Waals surface area contributed by atoms with Crippen LogP contribution in [0.4, 0.5) is 0 Å². The van der Waals surface area contributed by atoms with E-state index in [0.29, 0.717) is 12.3 Å². The topological polar surface area (TPSA) is 51.3 Å². The molecule has 1 N–H and O–H groups in total. The zero-order valence-electron chi connectivity index (χ0n) is 14.9. The van der Waals surface area contributed by atoms with Crippen molar-refractivity contribution >= 4 is 25.2 Å². The number of hydrogen-bond donors (Lipinski definition) is 1. The summed E-state index contributed by atoms with van der Waals surface area (Å²) in [6.07, 6.45) is 0. The normalized spacial score (nSPS) is 12.4. The second kappa shape index (κ2) is 6.39. The Kier molecular flexibility index (Phi) is 4.89. The summed E-state index contributed by atoms with van der Waals surface area (Å²) in [5.41, 5.74) is 1.64. The predicted molar refractivity (Wildman–Crippen MR) is 96.6 cm³/mol. The van der Waals surface area contributed by atoms with Gasteiger partial charge in [0.05, 0.1) is 6.61 Å². The number of carbonyl (C=O) groups excluding carboxylic acids is 1. The SMILES string of the molecule is CCOC(=O)c1cc2cc(O[Si](C)(C)CC(C)(C)C)ccc2[nH]1. The van der Waals surface area contributed by atoms with Crippen molar-refractivity contribution in [2.75, 3.05) is 6.61 Å². The molecule has 0 spiro atoms. The van der Waals surface area contributed by atoms with Gasteiger partial charge in [0.2, 0.25) is 8.32 Å². The highest BCUT2D eigenvalue weighted by atomic mass is 28.4. The molecule has 0 radical (unpaired) electrons. The number of aromatic nitrogens is 1. The number of esters is 1.